The van der Waals surface area contributed by atoms with Gasteiger partial charge in [0.2, 0.25) is 0 Å². The fraction of sp³-hybridized carbons (Fsp3) is 1.00. The summed E-state index contributed by atoms with van der Waals surface area (Å²) in [4.78, 5) is 2.80. The molecule has 0 spiro atoms. The third-order valence-corrected chi connectivity index (χ3v) is 5.34. The van der Waals surface area contributed by atoms with Crippen molar-refractivity contribution in [3.05, 3.63) is 0 Å². The average Bonchev–Trinajstić information content (AvgIpc) is 2.70. The number of fused-ring (bicyclic) bond motifs is 2. The molecule has 0 aromatic rings. The summed E-state index contributed by atoms with van der Waals surface area (Å²) in [6, 6.07) is 2.47. The number of rotatable bonds is 0. The summed E-state index contributed by atoms with van der Waals surface area (Å²) < 4.78 is 0. The summed E-state index contributed by atoms with van der Waals surface area (Å²) in [7, 11) is 0. The quantitative estimate of drug-likeness (QED) is 0.676. The molecule has 1 aliphatic carbocycles. The van der Waals surface area contributed by atoms with Crippen molar-refractivity contribution in [2.24, 2.45) is 11.8 Å². The van der Waals surface area contributed by atoms with E-state index in [4.69, 9.17) is 0 Å². The Morgan fingerprint density at radius 1 is 1.12 bits per heavy atom. The summed E-state index contributed by atoms with van der Waals surface area (Å²) in [5.41, 5.74) is 0. The zero-order valence-corrected chi connectivity index (χ0v) is 10.8. The largest absolute Gasteiger partial charge is 0.312 e. The molecule has 0 radical (unpaired) electrons. The van der Waals surface area contributed by atoms with E-state index in [0.29, 0.717) is 0 Å². The van der Waals surface area contributed by atoms with Gasteiger partial charge in [-0.2, -0.15) is 0 Å². The molecule has 1 saturated carbocycles. The fourth-order valence-corrected chi connectivity index (χ4v) is 4.36. The van der Waals surface area contributed by atoms with Crippen LogP contribution in [0, 0.1) is 11.8 Å². The van der Waals surface area contributed by atoms with Gasteiger partial charge in [0.1, 0.15) is 0 Å². The van der Waals surface area contributed by atoms with Gasteiger partial charge in [-0.25, -0.2) is 0 Å². The van der Waals surface area contributed by atoms with E-state index in [1.165, 1.54) is 45.2 Å². The van der Waals surface area contributed by atoms with Crippen molar-refractivity contribution in [1.29, 1.82) is 0 Å². The Morgan fingerprint density at radius 3 is 2.88 bits per heavy atom. The first-order valence-electron chi connectivity index (χ1n) is 7.25. The summed E-state index contributed by atoms with van der Waals surface area (Å²) in [6.45, 7) is 7.53. The lowest BCUT2D eigenvalue weighted by molar-refractivity contribution is 0.114. The Kier molecular flexibility index (Phi) is 2.97. The van der Waals surface area contributed by atoms with Crippen LogP contribution in [0.15, 0.2) is 0 Å². The van der Waals surface area contributed by atoms with Gasteiger partial charge in [0.05, 0.1) is 0 Å². The zero-order chi connectivity index (χ0) is 11.1. The van der Waals surface area contributed by atoms with Gasteiger partial charge < -0.3 is 5.32 Å². The summed E-state index contributed by atoms with van der Waals surface area (Å²) in [6.07, 6.45) is 7.14. The molecule has 2 heteroatoms. The molecule has 0 aromatic carbocycles. The summed E-state index contributed by atoms with van der Waals surface area (Å²) >= 11 is 0. The first-order valence-corrected chi connectivity index (χ1v) is 7.25. The number of hydrogen-bond donors (Lipinski definition) is 1. The van der Waals surface area contributed by atoms with Gasteiger partial charge >= 0.3 is 0 Å². The van der Waals surface area contributed by atoms with Crippen molar-refractivity contribution in [3.8, 4) is 0 Å². The molecule has 92 valence electrons. The molecule has 1 N–H and O–H groups in total. The molecule has 2 nitrogen and oxygen atoms in total. The van der Waals surface area contributed by atoms with E-state index >= 15 is 0 Å². The van der Waals surface area contributed by atoms with Gasteiger partial charge in [-0.3, -0.25) is 4.90 Å². The molecular weight excluding hydrogens is 196 g/mol. The molecule has 2 saturated heterocycles. The van der Waals surface area contributed by atoms with Crippen molar-refractivity contribution in [2.45, 2.75) is 64.1 Å². The van der Waals surface area contributed by atoms with Gasteiger partial charge in [-0.1, -0.05) is 6.92 Å². The highest BCUT2D eigenvalue weighted by atomic mass is 15.2. The van der Waals surface area contributed by atoms with Crippen LogP contribution in [-0.2, 0) is 0 Å². The van der Waals surface area contributed by atoms with E-state index in [2.05, 4.69) is 24.1 Å². The minimum Gasteiger partial charge on any atom is -0.312 e. The molecule has 0 bridgehead atoms. The highest BCUT2D eigenvalue weighted by Crippen LogP contribution is 2.37. The van der Waals surface area contributed by atoms with Crippen LogP contribution in [0.5, 0.6) is 0 Å². The molecule has 3 fully saturated rings. The Labute approximate surface area is 99.8 Å². The Hall–Kier alpha value is -0.0800. The maximum absolute atomic E-state index is 3.86. The van der Waals surface area contributed by atoms with Gasteiger partial charge in [0.25, 0.3) is 0 Å². The van der Waals surface area contributed by atoms with Crippen molar-refractivity contribution in [2.75, 3.05) is 13.1 Å². The molecule has 3 aliphatic rings. The van der Waals surface area contributed by atoms with E-state index in [0.717, 1.165) is 30.0 Å². The zero-order valence-electron chi connectivity index (χ0n) is 10.8. The molecule has 0 aromatic heterocycles. The highest BCUT2D eigenvalue weighted by molar-refractivity contribution is 4.97. The SMILES string of the molecule is CC1CCC2NCC3CCCN3[C@@H](C)[C@@H]2C1. The minimum absolute atomic E-state index is 0.815. The van der Waals surface area contributed by atoms with Crippen molar-refractivity contribution >= 4 is 0 Å². The molecule has 2 aliphatic heterocycles. The van der Waals surface area contributed by atoms with Crippen LogP contribution in [0.3, 0.4) is 0 Å². The lowest BCUT2D eigenvalue weighted by Crippen LogP contribution is -2.45. The van der Waals surface area contributed by atoms with E-state index in [9.17, 15) is 0 Å². The van der Waals surface area contributed by atoms with Crippen molar-refractivity contribution in [3.63, 3.8) is 0 Å². The molecular formula is C14H26N2. The summed E-state index contributed by atoms with van der Waals surface area (Å²) in [5, 5.41) is 3.86. The summed E-state index contributed by atoms with van der Waals surface area (Å²) in [5.74, 6) is 1.86. The maximum Gasteiger partial charge on any atom is 0.0224 e. The van der Waals surface area contributed by atoms with Crippen LogP contribution in [-0.4, -0.2) is 36.1 Å². The van der Waals surface area contributed by atoms with Crippen LogP contribution in [0.1, 0.15) is 46.0 Å². The van der Waals surface area contributed by atoms with Gasteiger partial charge in [-0.05, 0) is 57.4 Å². The standard InChI is InChI=1S/C14H26N2/c1-10-5-6-14-13(8-10)11(2)16-7-3-4-12(16)9-15-14/h10-15H,3-9H2,1-2H3/t10?,11-,12?,13-,14?/m0/s1. The molecule has 0 amide bonds. The second-order valence-electron chi connectivity index (χ2n) is 6.37. The minimum atomic E-state index is 0.815. The third-order valence-electron chi connectivity index (χ3n) is 5.34. The predicted octanol–water partition coefficient (Wildman–Crippen LogP) is 2.25. The monoisotopic (exact) mass is 222 g/mol. The van der Waals surface area contributed by atoms with Crippen molar-refractivity contribution in [1.82, 2.24) is 10.2 Å². The Bertz CT molecular complexity index is 253. The molecule has 5 atom stereocenters. The van der Waals surface area contributed by atoms with Crippen LogP contribution in [0.2, 0.25) is 0 Å². The second-order valence-corrected chi connectivity index (χ2v) is 6.37. The van der Waals surface area contributed by atoms with Gasteiger partial charge in [0.15, 0.2) is 0 Å². The number of nitrogens with zero attached hydrogens (tertiary/aromatic N) is 1. The highest BCUT2D eigenvalue weighted by Gasteiger charge is 2.41. The fourth-order valence-electron chi connectivity index (χ4n) is 4.36. The van der Waals surface area contributed by atoms with E-state index in [-0.39, 0.29) is 0 Å². The second kappa shape index (κ2) is 4.30. The first kappa shape index (κ1) is 11.0. The molecule has 3 rings (SSSR count). The van der Waals surface area contributed by atoms with E-state index in [1.54, 1.807) is 0 Å². The van der Waals surface area contributed by atoms with E-state index < -0.39 is 0 Å². The normalized spacial score (nSPS) is 49.5. The van der Waals surface area contributed by atoms with Crippen LogP contribution >= 0.6 is 0 Å². The Morgan fingerprint density at radius 2 is 2.00 bits per heavy atom. The first-order chi connectivity index (χ1) is 7.75. The number of nitrogens with one attached hydrogen (secondary N) is 1. The molecule has 16 heavy (non-hydrogen) atoms. The predicted molar refractivity (Wildman–Crippen MR) is 67.5 cm³/mol. The van der Waals surface area contributed by atoms with Crippen LogP contribution in [0.25, 0.3) is 0 Å². The lowest BCUT2D eigenvalue weighted by atomic mass is 9.75. The van der Waals surface area contributed by atoms with Crippen molar-refractivity contribution < 1.29 is 0 Å². The average molecular weight is 222 g/mol. The lowest BCUT2D eigenvalue weighted by Gasteiger charge is -2.40. The third kappa shape index (κ3) is 1.80. The topological polar surface area (TPSA) is 15.3 Å². The Balaban J connectivity index is 1.78. The van der Waals surface area contributed by atoms with Gasteiger partial charge in [0, 0.05) is 24.7 Å². The molecule has 3 unspecified atom stereocenters. The molecule has 2 heterocycles. The van der Waals surface area contributed by atoms with Crippen LogP contribution in [0.4, 0.5) is 0 Å². The number of hydrogen-bond acceptors (Lipinski definition) is 2. The van der Waals surface area contributed by atoms with Crippen LogP contribution < -0.4 is 5.32 Å². The van der Waals surface area contributed by atoms with Gasteiger partial charge in [-0.15, -0.1) is 0 Å². The maximum atomic E-state index is 3.86. The van der Waals surface area contributed by atoms with E-state index in [1.807, 2.05) is 0 Å². The smallest absolute Gasteiger partial charge is 0.0224 e.